The van der Waals surface area contributed by atoms with E-state index in [1.54, 1.807) is 6.07 Å². The fourth-order valence-electron chi connectivity index (χ4n) is 2.35. The number of aryl methyl sites for hydroxylation is 1. The predicted octanol–water partition coefficient (Wildman–Crippen LogP) is 4.20. The summed E-state index contributed by atoms with van der Waals surface area (Å²) in [6, 6.07) is 14.1. The average Bonchev–Trinajstić information content (AvgIpc) is 2.53. The van der Waals surface area contributed by atoms with Gasteiger partial charge in [0.2, 0.25) is 0 Å². The maximum Gasteiger partial charge on any atom is 0.407 e. The molecule has 0 aromatic heterocycles. The van der Waals surface area contributed by atoms with Gasteiger partial charge in [-0.05, 0) is 35.7 Å². The lowest BCUT2D eigenvalue weighted by Gasteiger charge is -2.19. The number of carboxylic acid groups (broad SMARTS) is 1. The van der Waals surface area contributed by atoms with Crippen LogP contribution in [-0.2, 0) is 16.1 Å². The van der Waals surface area contributed by atoms with E-state index < -0.39 is 18.1 Å². The van der Waals surface area contributed by atoms with Gasteiger partial charge < -0.3 is 15.2 Å². The van der Waals surface area contributed by atoms with Crippen LogP contribution in [0.25, 0.3) is 0 Å². The monoisotopic (exact) mass is 391 g/mol. The number of rotatable bonds is 6. The second kappa shape index (κ2) is 8.49. The third-order valence-electron chi connectivity index (χ3n) is 3.49. The highest BCUT2D eigenvalue weighted by atomic mass is 79.9. The van der Waals surface area contributed by atoms with Crippen LogP contribution in [0.3, 0.4) is 0 Å². The number of halogens is 1. The summed E-state index contributed by atoms with van der Waals surface area (Å²) in [4.78, 5) is 23.1. The second-order valence-corrected chi connectivity index (χ2v) is 6.27. The molecule has 0 aliphatic carbocycles. The van der Waals surface area contributed by atoms with Crippen LogP contribution in [0.2, 0.25) is 0 Å². The molecule has 2 rings (SSSR count). The number of amides is 1. The first-order chi connectivity index (χ1) is 11.5. The minimum absolute atomic E-state index is 0.131. The fourth-order valence-corrected chi connectivity index (χ4v) is 2.83. The number of hydrogen-bond donors (Lipinski definition) is 2. The molecule has 6 heteroatoms. The van der Waals surface area contributed by atoms with Gasteiger partial charge in [-0.25, -0.2) is 4.79 Å². The summed E-state index contributed by atoms with van der Waals surface area (Å²) < 4.78 is 6.07. The molecule has 5 nitrogen and oxygen atoms in total. The normalized spacial score (nSPS) is 11.6. The Labute approximate surface area is 148 Å². The number of ether oxygens (including phenoxy) is 1. The maximum absolute atomic E-state index is 12.0. The molecule has 0 saturated carbocycles. The first kappa shape index (κ1) is 18.0. The van der Waals surface area contributed by atoms with E-state index in [0.717, 1.165) is 21.2 Å². The Morgan fingerprint density at radius 2 is 1.92 bits per heavy atom. The number of carbonyl (C=O) groups is 2. The molecular formula is C18H18BrNO4. The molecule has 0 spiro atoms. The van der Waals surface area contributed by atoms with Crippen LogP contribution < -0.4 is 5.32 Å². The van der Waals surface area contributed by atoms with Crippen molar-refractivity contribution in [2.24, 2.45) is 0 Å². The zero-order valence-corrected chi connectivity index (χ0v) is 14.7. The standard InChI is InChI=1S/C18H18BrNO4/c1-12-9-14(19)7-8-15(12)16(10-17(21)22)20-18(23)24-11-13-5-3-2-4-6-13/h2-9,16H,10-11H2,1H3,(H,20,23)(H,21,22)/t16-/m1/s1. The second-order valence-electron chi connectivity index (χ2n) is 5.36. The fraction of sp³-hybridized carbons (Fsp3) is 0.222. The Morgan fingerprint density at radius 3 is 2.54 bits per heavy atom. The van der Waals surface area contributed by atoms with Crippen LogP contribution in [0.4, 0.5) is 4.79 Å². The van der Waals surface area contributed by atoms with E-state index in [1.807, 2.05) is 49.4 Å². The van der Waals surface area contributed by atoms with E-state index in [0.29, 0.717) is 0 Å². The van der Waals surface area contributed by atoms with Crippen LogP contribution >= 0.6 is 15.9 Å². The van der Waals surface area contributed by atoms with Gasteiger partial charge >= 0.3 is 12.1 Å². The van der Waals surface area contributed by atoms with Crippen LogP contribution in [0.5, 0.6) is 0 Å². The highest BCUT2D eigenvalue weighted by Crippen LogP contribution is 2.24. The molecule has 2 aromatic rings. The SMILES string of the molecule is Cc1cc(Br)ccc1[C@@H](CC(=O)O)NC(=O)OCc1ccccc1. The molecule has 0 fully saturated rings. The Hall–Kier alpha value is -2.34. The molecule has 1 atom stereocenters. The molecular weight excluding hydrogens is 374 g/mol. The van der Waals surface area contributed by atoms with Crippen LogP contribution in [0.15, 0.2) is 53.0 Å². The maximum atomic E-state index is 12.0. The summed E-state index contributed by atoms with van der Waals surface area (Å²) in [5.74, 6) is -0.995. The summed E-state index contributed by atoms with van der Waals surface area (Å²) in [6.07, 6.45) is -0.865. The topological polar surface area (TPSA) is 75.6 Å². The lowest BCUT2D eigenvalue weighted by molar-refractivity contribution is -0.137. The number of carbonyl (C=O) groups excluding carboxylic acids is 1. The number of nitrogens with one attached hydrogen (secondary N) is 1. The first-order valence-corrected chi connectivity index (χ1v) is 8.20. The molecule has 2 N–H and O–H groups in total. The number of aliphatic carboxylic acids is 1. The number of hydrogen-bond acceptors (Lipinski definition) is 3. The van der Waals surface area contributed by atoms with Crippen LogP contribution in [0.1, 0.15) is 29.2 Å². The number of carboxylic acids is 1. The van der Waals surface area contributed by atoms with Gasteiger partial charge in [-0.3, -0.25) is 4.79 Å². The zero-order chi connectivity index (χ0) is 17.5. The molecule has 2 aromatic carbocycles. The summed E-state index contributed by atoms with van der Waals surface area (Å²) in [5, 5.41) is 11.7. The van der Waals surface area contributed by atoms with Crippen molar-refractivity contribution in [3.8, 4) is 0 Å². The molecule has 0 bridgehead atoms. The Bertz CT molecular complexity index is 718. The van der Waals surface area contributed by atoms with Crippen LogP contribution in [-0.4, -0.2) is 17.2 Å². The molecule has 24 heavy (non-hydrogen) atoms. The van der Waals surface area contributed by atoms with Gasteiger partial charge in [-0.15, -0.1) is 0 Å². The Balaban J connectivity index is 2.05. The van der Waals surface area contributed by atoms with E-state index in [-0.39, 0.29) is 13.0 Å². The van der Waals surface area contributed by atoms with E-state index >= 15 is 0 Å². The van der Waals surface area contributed by atoms with Crippen molar-refractivity contribution in [2.75, 3.05) is 0 Å². The van der Waals surface area contributed by atoms with E-state index in [2.05, 4.69) is 21.2 Å². The highest BCUT2D eigenvalue weighted by molar-refractivity contribution is 9.10. The highest BCUT2D eigenvalue weighted by Gasteiger charge is 2.20. The lowest BCUT2D eigenvalue weighted by Crippen LogP contribution is -2.31. The molecule has 0 radical (unpaired) electrons. The number of alkyl carbamates (subject to hydrolysis) is 1. The molecule has 0 aliphatic heterocycles. The van der Waals surface area contributed by atoms with Gasteiger partial charge in [0, 0.05) is 4.47 Å². The minimum atomic E-state index is -0.995. The number of benzene rings is 2. The Kier molecular flexibility index (Phi) is 6.37. The zero-order valence-electron chi connectivity index (χ0n) is 13.2. The van der Waals surface area contributed by atoms with Crippen molar-refractivity contribution in [3.05, 3.63) is 69.7 Å². The molecule has 126 valence electrons. The van der Waals surface area contributed by atoms with Gasteiger partial charge in [0.05, 0.1) is 12.5 Å². The van der Waals surface area contributed by atoms with Crippen LogP contribution in [0, 0.1) is 6.92 Å². The third kappa shape index (κ3) is 5.38. The van der Waals surface area contributed by atoms with Crippen molar-refractivity contribution in [1.82, 2.24) is 5.32 Å². The molecule has 0 unspecified atom stereocenters. The average molecular weight is 392 g/mol. The molecule has 0 saturated heterocycles. The van der Waals surface area contributed by atoms with E-state index in [1.165, 1.54) is 0 Å². The minimum Gasteiger partial charge on any atom is -0.481 e. The van der Waals surface area contributed by atoms with E-state index in [9.17, 15) is 9.59 Å². The quantitative estimate of drug-likeness (QED) is 0.773. The van der Waals surface area contributed by atoms with E-state index in [4.69, 9.17) is 9.84 Å². The van der Waals surface area contributed by atoms with Crippen molar-refractivity contribution in [1.29, 1.82) is 0 Å². The Morgan fingerprint density at radius 1 is 1.21 bits per heavy atom. The lowest BCUT2D eigenvalue weighted by atomic mass is 9.99. The van der Waals surface area contributed by atoms with Gasteiger partial charge in [0.1, 0.15) is 6.61 Å². The van der Waals surface area contributed by atoms with Crippen molar-refractivity contribution in [2.45, 2.75) is 26.0 Å². The summed E-state index contributed by atoms with van der Waals surface area (Å²) in [7, 11) is 0. The molecule has 1 amide bonds. The van der Waals surface area contributed by atoms with Gasteiger partial charge in [0.15, 0.2) is 0 Å². The largest absolute Gasteiger partial charge is 0.481 e. The summed E-state index contributed by atoms with van der Waals surface area (Å²) in [5.41, 5.74) is 2.50. The first-order valence-electron chi connectivity index (χ1n) is 7.41. The van der Waals surface area contributed by atoms with Gasteiger partial charge in [0.25, 0.3) is 0 Å². The summed E-state index contributed by atoms with van der Waals surface area (Å²) >= 11 is 3.37. The molecule has 0 aliphatic rings. The predicted molar refractivity (Wildman–Crippen MR) is 93.6 cm³/mol. The molecule has 0 heterocycles. The smallest absolute Gasteiger partial charge is 0.407 e. The van der Waals surface area contributed by atoms with Gasteiger partial charge in [-0.2, -0.15) is 0 Å². The third-order valence-corrected chi connectivity index (χ3v) is 3.98. The van der Waals surface area contributed by atoms with Crippen molar-refractivity contribution >= 4 is 28.0 Å². The van der Waals surface area contributed by atoms with Crippen molar-refractivity contribution < 1.29 is 19.4 Å². The van der Waals surface area contributed by atoms with Crippen molar-refractivity contribution in [3.63, 3.8) is 0 Å². The summed E-state index contributed by atoms with van der Waals surface area (Å²) in [6.45, 7) is 2.00. The van der Waals surface area contributed by atoms with Gasteiger partial charge in [-0.1, -0.05) is 52.3 Å².